The maximum absolute atomic E-state index is 14.6. The van der Waals surface area contributed by atoms with E-state index in [-0.39, 0.29) is 29.3 Å². The Morgan fingerprint density at radius 2 is 2.09 bits per heavy atom. The number of benzene rings is 2. The minimum atomic E-state index is -1.05. The van der Waals surface area contributed by atoms with Gasteiger partial charge in [-0.2, -0.15) is 0 Å². The van der Waals surface area contributed by atoms with E-state index in [1.165, 1.54) is 6.07 Å². The van der Waals surface area contributed by atoms with Gasteiger partial charge in [-0.05, 0) is 55.5 Å². The van der Waals surface area contributed by atoms with E-state index < -0.39 is 22.9 Å². The Kier molecular flexibility index (Phi) is 3.98. The van der Waals surface area contributed by atoms with Gasteiger partial charge in [-0.1, -0.05) is 24.3 Å². The third-order valence-corrected chi connectivity index (χ3v) is 9.22. The number of phenols is 1. The summed E-state index contributed by atoms with van der Waals surface area (Å²) in [7, 11) is 0. The number of phenolic OH excluding ortho intramolecular Hbond substituents is 1. The SMILES string of the molecule is C=CCN1CC[C@]23c4c5ccc(O)c4O[C@H]2[C@H](N2Cc4cccc(F)c4C2=O)CC[C@@]3(O)[C@H]1C5. The first kappa shape index (κ1) is 20.5. The molecule has 1 amide bonds. The van der Waals surface area contributed by atoms with Crippen molar-refractivity contribution in [2.45, 2.75) is 61.4 Å². The number of hydrogen-bond donors (Lipinski definition) is 2. The van der Waals surface area contributed by atoms with Gasteiger partial charge in [0, 0.05) is 24.7 Å². The van der Waals surface area contributed by atoms with Gasteiger partial charge in [-0.15, -0.1) is 6.58 Å². The summed E-state index contributed by atoms with van der Waals surface area (Å²) in [4.78, 5) is 17.4. The van der Waals surface area contributed by atoms with Crippen LogP contribution >= 0.6 is 0 Å². The number of halogens is 1. The Bertz CT molecular complexity index is 1260. The van der Waals surface area contributed by atoms with Crippen molar-refractivity contribution in [2.24, 2.45) is 0 Å². The van der Waals surface area contributed by atoms with E-state index >= 15 is 0 Å². The highest BCUT2D eigenvalue weighted by Crippen LogP contribution is 2.66. The maximum Gasteiger partial charge on any atom is 0.257 e. The highest BCUT2D eigenvalue weighted by molar-refractivity contribution is 5.99. The normalized spacial score (nSPS) is 35.1. The molecule has 3 heterocycles. The Labute approximate surface area is 197 Å². The van der Waals surface area contributed by atoms with Crippen LogP contribution < -0.4 is 4.74 Å². The number of piperidine rings is 1. The highest BCUT2D eigenvalue weighted by Gasteiger charge is 2.73. The summed E-state index contributed by atoms with van der Waals surface area (Å²) < 4.78 is 21.1. The fraction of sp³-hybridized carbons (Fsp3) is 0.444. The van der Waals surface area contributed by atoms with Gasteiger partial charge in [0.1, 0.15) is 11.9 Å². The Morgan fingerprint density at radius 1 is 1.24 bits per heavy atom. The monoisotopic (exact) mass is 462 g/mol. The molecule has 1 saturated carbocycles. The summed E-state index contributed by atoms with van der Waals surface area (Å²) in [6, 6.07) is 7.94. The lowest BCUT2D eigenvalue weighted by molar-refractivity contribution is -0.196. The molecule has 7 heteroatoms. The molecule has 0 unspecified atom stereocenters. The average molecular weight is 463 g/mol. The van der Waals surface area contributed by atoms with E-state index in [9.17, 15) is 19.4 Å². The first-order valence-electron chi connectivity index (χ1n) is 12.1. The Balaban J connectivity index is 1.38. The van der Waals surface area contributed by atoms with Gasteiger partial charge in [0.15, 0.2) is 11.5 Å². The summed E-state index contributed by atoms with van der Waals surface area (Å²) in [5.41, 5.74) is 1.04. The summed E-state index contributed by atoms with van der Waals surface area (Å²) in [6.07, 6.45) is 3.75. The maximum atomic E-state index is 14.6. The van der Waals surface area contributed by atoms with Crippen LogP contribution in [0.25, 0.3) is 0 Å². The van der Waals surface area contributed by atoms with Crippen LogP contribution in [0, 0.1) is 5.82 Å². The Hall–Kier alpha value is -2.90. The van der Waals surface area contributed by atoms with Crippen LogP contribution in [0.15, 0.2) is 43.0 Å². The van der Waals surface area contributed by atoms with E-state index in [1.807, 2.05) is 12.1 Å². The van der Waals surface area contributed by atoms with E-state index in [2.05, 4.69) is 11.5 Å². The van der Waals surface area contributed by atoms with Crippen molar-refractivity contribution in [1.82, 2.24) is 9.80 Å². The number of ether oxygens (including phenoxy) is 1. The molecule has 2 aromatic rings. The summed E-state index contributed by atoms with van der Waals surface area (Å²) >= 11 is 0. The minimum absolute atomic E-state index is 0.0673. The lowest BCUT2D eigenvalue weighted by Crippen LogP contribution is -2.78. The predicted molar refractivity (Wildman–Crippen MR) is 122 cm³/mol. The number of aromatic hydroxyl groups is 1. The molecule has 5 atom stereocenters. The standard InChI is InChI=1S/C27H27FN2O4/c1-2-11-29-12-10-26-22-15-6-7-19(31)23(22)34-24(26)18(8-9-27(26,33)20(29)13-15)30-14-16-4-3-5-17(28)21(16)25(30)32/h2-7,18,20,24,31,33H,1,8-14H2/t18-,20-,24+,26+,27-/m1/s1. The molecule has 2 fully saturated rings. The molecule has 7 rings (SSSR count). The van der Waals surface area contributed by atoms with E-state index in [0.717, 1.165) is 17.7 Å². The van der Waals surface area contributed by atoms with Crippen molar-refractivity contribution in [3.05, 3.63) is 71.1 Å². The number of amides is 1. The summed E-state index contributed by atoms with van der Waals surface area (Å²) in [5, 5.41) is 23.2. The second kappa shape index (κ2) is 6.61. The van der Waals surface area contributed by atoms with Crippen molar-refractivity contribution in [3.63, 3.8) is 0 Å². The zero-order valence-electron chi connectivity index (χ0n) is 18.8. The van der Waals surface area contributed by atoms with E-state index in [4.69, 9.17) is 4.74 Å². The molecule has 2 aromatic carbocycles. The minimum Gasteiger partial charge on any atom is -0.504 e. The smallest absolute Gasteiger partial charge is 0.257 e. The number of rotatable bonds is 3. The lowest BCUT2D eigenvalue weighted by atomic mass is 9.48. The number of hydrogen-bond acceptors (Lipinski definition) is 5. The average Bonchev–Trinajstić information content (AvgIpc) is 3.34. The Morgan fingerprint density at radius 3 is 2.88 bits per heavy atom. The van der Waals surface area contributed by atoms with E-state index in [1.54, 1.807) is 23.1 Å². The fourth-order valence-electron chi connectivity index (χ4n) is 7.92. The summed E-state index contributed by atoms with van der Waals surface area (Å²) in [5.74, 6) is -0.307. The molecular formula is C27H27FN2O4. The van der Waals surface area contributed by atoms with Gasteiger partial charge < -0.3 is 19.8 Å². The molecule has 2 N–H and O–H groups in total. The van der Waals surface area contributed by atoms with E-state index in [0.29, 0.717) is 50.1 Å². The van der Waals surface area contributed by atoms with Crippen molar-refractivity contribution in [3.8, 4) is 11.5 Å². The molecular weight excluding hydrogens is 435 g/mol. The van der Waals surface area contributed by atoms with Crippen LogP contribution in [0.1, 0.15) is 46.3 Å². The van der Waals surface area contributed by atoms with Gasteiger partial charge in [0.2, 0.25) is 0 Å². The number of nitrogens with zero attached hydrogens (tertiary/aromatic N) is 2. The van der Waals surface area contributed by atoms with Gasteiger partial charge in [0.05, 0.1) is 22.6 Å². The van der Waals surface area contributed by atoms with Gasteiger partial charge in [-0.25, -0.2) is 4.39 Å². The molecule has 2 bridgehead atoms. The molecule has 6 nitrogen and oxygen atoms in total. The molecule has 5 aliphatic rings. The quantitative estimate of drug-likeness (QED) is 0.687. The fourth-order valence-corrected chi connectivity index (χ4v) is 7.92. The molecule has 0 radical (unpaired) electrons. The van der Waals surface area contributed by atoms with Crippen LogP contribution in [0.4, 0.5) is 4.39 Å². The number of aliphatic hydroxyl groups is 1. The highest BCUT2D eigenvalue weighted by atomic mass is 19.1. The van der Waals surface area contributed by atoms with Gasteiger partial charge >= 0.3 is 0 Å². The molecule has 0 aromatic heterocycles. The third-order valence-electron chi connectivity index (χ3n) is 9.22. The molecule has 176 valence electrons. The largest absolute Gasteiger partial charge is 0.504 e. The number of carbonyl (C=O) groups excluding carboxylic acids is 1. The molecule has 2 aliphatic carbocycles. The van der Waals surface area contributed by atoms with Gasteiger partial charge in [-0.3, -0.25) is 9.69 Å². The topological polar surface area (TPSA) is 73.2 Å². The molecule has 3 aliphatic heterocycles. The third kappa shape index (κ3) is 2.20. The van der Waals surface area contributed by atoms with Crippen LogP contribution in [0.2, 0.25) is 0 Å². The van der Waals surface area contributed by atoms with Crippen molar-refractivity contribution < 1.29 is 24.1 Å². The second-order valence-electron chi connectivity index (χ2n) is 10.4. The first-order chi connectivity index (χ1) is 16.4. The summed E-state index contributed by atoms with van der Waals surface area (Å²) in [6.45, 7) is 5.69. The molecule has 1 spiro atoms. The van der Waals surface area contributed by atoms with Gasteiger partial charge in [0.25, 0.3) is 5.91 Å². The number of carbonyl (C=O) groups is 1. The number of likely N-dealkylation sites (tertiary alicyclic amines) is 1. The van der Waals surface area contributed by atoms with Crippen LogP contribution in [0.3, 0.4) is 0 Å². The molecule has 1 saturated heterocycles. The zero-order chi connectivity index (χ0) is 23.4. The van der Waals surface area contributed by atoms with Crippen molar-refractivity contribution in [1.29, 1.82) is 0 Å². The second-order valence-corrected chi connectivity index (χ2v) is 10.4. The van der Waals surface area contributed by atoms with Crippen LogP contribution in [-0.2, 0) is 18.4 Å². The number of fused-ring (bicyclic) bond motifs is 1. The lowest BCUT2D eigenvalue weighted by Gasteiger charge is -2.64. The van der Waals surface area contributed by atoms with Crippen molar-refractivity contribution >= 4 is 5.91 Å². The first-order valence-corrected chi connectivity index (χ1v) is 12.1. The zero-order valence-corrected chi connectivity index (χ0v) is 18.8. The predicted octanol–water partition coefficient (Wildman–Crippen LogP) is 2.90. The van der Waals surface area contributed by atoms with Crippen LogP contribution in [0.5, 0.6) is 11.5 Å². The molecule has 34 heavy (non-hydrogen) atoms. The van der Waals surface area contributed by atoms with Crippen LogP contribution in [-0.4, -0.2) is 62.8 Å². The van der Waals surface area contributed by atoms with Crippen molar-refractivity contribution in [2.75, 3.05) is 13.1 Å².